The van der Waals surface area contributed by atoms with Gasteiger partial charge in [0.05, 0.1) is 11.4 Å². The van der Waals surface area contributed by atoms with Crippen molar-refractivity contribution < 1.29 is 4.79 Å². The molecule has 0 aliphatic heterocycles. The summed E-state index contributed by atoms with van der Waals surface area (Å²) >= 11 is 3.56. The summed E-state index contributed by atoms with van der Waals surface area (Å²) in [5.41, 5.74) is 5.34. The number of nitrogens with zero attached hydrogens (tertiary/aromatic N) is 2. The van der Waals surface area contributed by atoms with Gasteiger partial charge in [-0.3, -0.25) is 4.79 Å². The van der Waals surface area contributed by atoms with Gasteiger partial charge in [0.15, 0.2) is 0 Å². The van der Waals surface area contributed by atoms with E-state index in [9.17, 15) is 4.79 Å². The predicted molar refractivity (Wildman–Crippen MR) is 79.9 cm³/mol. The van der Waals surface area contributed by atoms with E-state index in [1.54, 1.807) is 6.92 Å². The van der Waals surface area contributed by atoms with Gasteiger partial charge in [-0.2, -0.15) is 5.10 Å². The predicted octanol–water partition coefficient (Wildman–Crippen LogP) is 3.69. The lowest BCUT2D eigenvalue weighted by Gasteiger charge is -2.07. The Morgan fingerprint density at radius 2 is 1.95 bits per heavy atom. The van der Waals surface area contributed by atoms with Gasteiger partial charge >= 0.3 is 0 Å². The molecule has 0 unspecified atom stereocenters. The fourth-order valence-corrected chi connectivity index (χ4v) is 2.72. The number of aromatic nitrogens is 2. The second-order valence-electron chi connectivity index (χ2n) is 4.91. The van der Waals surface area contributed by atoms with Crippen LogP contribution in [-0.4, -0.2) is 15.6 Å². The van der Waals surface area contributed by atoms with Crippen molar-refractivity contribution in [3.05, 3.63) is 45.2 Å². The van der Waals surface area contributed by atoms with Gasteiger partial charge < -0.3 is 0 Å². The Hall–Kier alpha value is -1.42. The first-order valence-corrected chi connectivity index (χ1v) is 7.00. The lowest BCUT2D eigenvalue weighted by atomic mass is 10.1. The van der Waals surface area contributed by atoms with Crippen molar-refractivity contribution in [3.63, 3.8) is 0 Å². The molecule has 1 aromatic carbocycles. The number of ketones is 1. The van der Waals surface area contributed by atoms with Crippen LogP contribution >= 0.6 is 15.9 Å². The van der Waals surface area contributed by atoms with Gasteiger partial charge in [0, 0.05) is 12.0 Å². The monoisotopic (exact) mass is 320 g/mol. The molecule has 2 aromatic rings. The Balaban J connectivity index is 2.51. The molecular weight excluding hydrogens is 304 g/mol. The van der Waals surface area contributed by atoms with Crippen LogP contribution in [0.3, 0.4) is 0 Å². The number of benzene rings is 1. The first-order valence-electron chi connectivity index (χ1n) is 6.21. The third-order valence-electron chi connectivity index (χ3n) is 3.28. The molecule has 0 N–H and O–H groups in total. The van der Waals surface area contributed by atoms with Gasteiger partial charge in [-0.1, -0.05) is 6.07 Å². The van der Waals surface area contributed by atoms with E-state index >= 15 is 0 Å². The molecule has 4 heteroatoms. The van der Waals surface area contributed by atoms with Crippen molar-refractivity contribution in [2.45, 2.75) is 34.1 Å². The van der Waals surface area contributed by atoms with Crippen LogP contribution in [0.15, 0.2) is 22.8 Å². The summed E-state index contributed by atoms with van der Waals surface area (Å²) in [7, 11) is 0. The number of carbonyl (C=O) groups excluding carboxylic acids is 1. The third kappa shape index (κ3) is 2.78. The van der Waals surface area contributed by atoms with Gasteiger partial charge in [-0.05, 0) is 66.9 Å². The molecule has 0 fully saturated rings. The van der Waals surface area contributed by atoms with Gasteiger partial charge in [-0.25, -0.2) is 4.68 Å². The van der Waals surface area contributed by atoms with E-state index in [1.165, 1.54) is 11.1 Å². The van der Waals surface area contributed by atoms with Crippen LogP contribution in [0.25, 0.3) is 5.69 Å². The summed E-state index contributed by atoms with van der Waals surface area (Å²) in [4.78, 5) is 11.3. The molecule has 0 aliphatic rings. The van der Waals surface area contributed by atoms with E-state index in [-0.39, 0.29) is 5.78 Å². The zero-order chi connectivity index (χ0) is 14.2. The number of carbonyl (C=O) groups is 1. The number of hydrogen-bond acceptors (Lipinski definition) is 2. The van der Waals surface area contributed by atoms with Crippen molar-refractivity contribution >= 4 is 21.7 Å². The van der Waals surface area contributed by atoms with E-state index in [2.05, 4.69) is 47.0 Å². The molecule has 1 aromatic heterocycles. The van der Waals surface area contributed by atoms with Gasteiger partial charge in [0.2, 0.25) is 0 Å². The number of rotatable bonds is 3. The molecule has 0 spiro atoms. The maximum Gasteiger partial charge on any atom is 0.134 e. The van der Waals surface area contributed by atoms with Crippen LogP contribution < -0.4 is 0 Å². The van der Waals surface area contributed by atoms with Crippen LogP contribution in [0.1, 0.15) is 29.3 Å². The SMILES string of the molecule is CC(=O)Cc1c(C)nn(-c2ccc(C)c(C)c2)c1Br. The molecule has 0 amide bonds. The van der Waals surface area contributed by atoms with E-state index in [1.807, 2.05) is 17.7 Å². The minimum absolute atomic E-state index is 0.142. The second kappa shape index (κ2) is 5.29. The molecule has 19 heavy (non-hydrogen) atoms. The average Bonchev–Trinajstić information content (AvgIpc) is 2.60. The number of aryl methyl sites for hydroxylation is 3. The standard InChI is InChI=1S/C15H17BrN2O/c1-9-5-6-13(7-10(9)2)18-15(16)14(8-11(3)19)12(4)17-18/h5-7H,8H2,1-4H3. The molecule has 0 saturated carbocycles. The molecule has 3 nitrogen and oxygen atoms in total. The summed E-state index contributed by atoms with van der Waals surface area (Å²) in [5, 5.41) is 4.52. The molecule has 1 heterocycles. The maximum absolute atomic E-state index is 11.3. The molecule has 0 bridgehead atoms. The quantitative estimate of drug-likeness (QED) is 0.864. The molecule has 0 radical (unpaired) electrons. The summed E-state index contributed by atoms with van der Waals surface area (Å²) in [6, 6.07) is 6.22. The Morgan fingerprint density at radius 1 is 1.26 bits per heavy atom. The minimum Gasteiger partial charge on any atom is -0.300 e. The van der Waals surface area contributed by atoms with Crippen molar-refractivity contribution in [2.24, 2.45) is 0 Å². The number of halogens is 1. The topological polar surface area (TPSA) is 34.9 Å². The maximum atomic E-state index is 11.3. The van der Waals surface area contributed by atoms with Crippen molar-refractivity contribution in [1.82, 2.24) is 9.78 Å². The summed E-state index contributed by atoms with van der Waals surface area (Å²) in [5.74, 6) is 0.142. The highest BCUT2D eigenvalue weighted by atomic mass is 79.9. The Kier molecular flexibility index (Phi) is 3.90. The molecule has 0 atom stereocenters. The Morgan fingerprint density at radius 3 is 2.53 bits per heavy atom. The number of Topliss-reactive ketones (excluding diaryl/α,β-unsaturated/α-hetero) is 1. The van der Waals surface area contributed by atoms with Crippen molar-refractivity contribution in [1.29, 1.82) is 0 Å². The van der Waals surface area contributed by atoms with E-state index in [4.69, 9.17) is 0 Å². The minimum atomic E-state index is 0.142. The first kappa shape index (κ1) is 14.0. The molecule has 0 saturated heterocycles. The third-order valence-corrected chi connectivity index (χ3v) is 4.10. The largest absolute Gasteiger partial charge is 0.300 e. The average molecular weight is 321 g/mol. The molecule has 100 valence electrons. The molecular formula is C15H17BrN2O. The fourth-order valence-electron chi connectivity index (χ4n) is 2.01. The van der Waals surface area contributed by atoms with Crippen molar-refractivity contribution in [3.8, 4) is 5.69 Å². The van der Waals surface area contributed by atoms with Crippen LogP contribution in [0, 0.1) is 20.8 Å². The Labute approximate surface area is 121 Å². The highest BCUT2D eigenvalue weighted by Gasteiger charge is 2.15. The van der Waals surface area contributed by atoms with E-state index in [0.29, 0.717) is 6.42 Å². The lowest BCUT2D eigenvalue weighted by Crippen LogP contribution is -2.00. The molecule has 0 aliphatic carbocycles. The lowest BCUT2D eigenvalue weighted by molar-refractivity contribution is -0.116. The second-order valence-corrected chi connectivity index (χ2v) is 5.67. The normalized spacial score (nSPS) is 10.8. The smallest absolute Gasteiger partial charge is 0.134 e. The van der Waals surface area contributed by atoms with Crippen LogP contribution in [-0.2, 0) is 11.2 Å². The number of hydrogen-bond donors (Lipinski definition) is 0. The summed E-state index contributed by atoms with van der Waals surface area (Å²) < 4.78 is 2.71. The van der Waals surface area contributed by atoms with Gasteiger partial charge in [0.25, 0.3) is 0 Å². The zero-order valence-electron chi connectivity index (χ0n) is 11.6. The first-order chi connectivity index (χ1) is 8.90. The van der Waals surface area contributed by atoms with Crippen LogP contribution in [0.4, 0.5) is 0 Å². The molecule has 2 rings (SSSR count). The van der Waals surface area contributed by atoms with E-state index < -0.39 is 0 Å². The highest BCUT2D eigenvalue weighted by Crippen LogP contribution is 2.25. The Bertz CT molecular complexity index is 644. The highest BCUT2D eigenvalue weighted by molar-refractivity contribution is 9.10. The fraction of sp³-hybridized carbons (Fsp3) is 0.333. The van der Waals surface area contributed by atoms with Crippen molar-refractivity contribution in [2.75, 3.05) is 0 Å². The summed E-state index contributed by atoms with van der Waals surface area (Å²) in [6.45, 7) is 7.70. The summed E-state index contributed by atoms with van der Waals surface area (Å²) in [6.07, 6.45) is 0.414. The zero-order valence-corrected chi connectivity index (χ0v) is 13.2. The van der Waals surface area contributed by atoms with Gasteiger partial charge in [-0.15, -0.1) is 0 Å². The van der Waals surface area contributed by atoms with Gasteiger partial charge in [0.1, 0.15) is 10.4 Å². The van der Waals surface area contributed by atoms with Crippen LogP contribution in [0.2, 0.25) is 0 Å². The van der Waals surface area contributed by atoms with E-state index in [0.717, 1.165) is 21.5 Å². The van der Waals surface area contributed by atoms with Crippen LogP contribution in [0.5, 0.6) is 0 Å².